The van der Waals surface area contributed by atoms with Crippen LogP contribution in [0.1, 0.15) is 129 Å². The number of amides is 7. The number of hydrogen-bond donors (Lipinski definition) is 10. The van der Waals surface area contributed by atoms with E-state index in [1.807, 2.05) is 0 Å². The van der Waals surface area contributed by atoms with Crippen molar-refractivity contribution in [3.05, 3.63) is 0 Å². The average molecular weight is 856 g/mol. The maximum atomic E-state index is 12.5. The molecule has 0 rings (SSSR count). The molecule has 0 unspecified atom stereocenters. The van der Waals surface area contributed by atoms with Crippen molar-refractivity contribution < 1.29 is 63.3 Å². The fourth-order valence-electron chi connectivity index (χ4n) is 5.60. The monoisotopic (exact) mass is 855 g/mol. The minimum Gasteiger partial charge on any atom is -0.481 e. The topological polar surface area (TPSA) is 316 Å². The number of aliphatic hydroxyl groups is 2. The summed E-state index contributed by atoms with van der Waals surface area (Å²) in [4.78, 5) is 119. The van der Waals surface area contributed by atoms with E-state index in [4.69, 9.17) is 5.11 Å². The van der Waals surface area contributed by atoms with Crippen LogP contribution in [0.4, 0.5) is 0 Å². The van der Waals surface area contributed by atoms with Gasteiger partial charge in [0.05, 0.1) is 45.4 Å². The van der Waals surface area contributed by atoms with Crippen LogP contribution < -0.4 is 37.2 Å². The Morgan fingerprint density at radius 2 is 0.867 bits per heavy atom. The number of carbonyl (C=O) groups excluding carboxylic acids is 9. The van der Waals surface area contributed by atoms with Crippen LogP contribution in [0.5, 0.6) is 0 Å². The molecule has 0 saturated heterocycles. The van der Waals surface area contributed by atoms with Crippen LogP contribution in [0.2, 0.25) is 0 Å². The second-order valence-corrected chi connectivity index (χ2v) is 14.9. The number of hydrogen-bond acceptors (Lipinski definition) is 12. The third kappa shape index (κ3) is 30.1. The number of aliphatic hydroxyl groups excluding tert-OH is 2. The summed E-state index contributed by atoms with van der Waals surface area (Å²) < 4.78 is 0. The Bertz CT molecular complexity index is 1360. The largest absolute Gasteiger partial charge is 0.481 e. The lowest BCUT2D eigenvalue weighted by atomic mass is 10.0. The van der Waals surface area contributed by atoms with Crippen LogP contribution in [0, 0.1) is 5.92 Å². The van der Waals surface area contributed by atoms with Gasteiger partial charge in [0.2, 0.25) is 41.4 Å². The number of carbonyl (C=O) groups is 10. The SMILES string of the molecule is CC(C)C(=O)CNC(=O)CNC(=O)[C@H](CO)NC(=O)CNC(=O)[C@H](CO)NC(=O)CNC(=O)CC[C@@H](C=O)NC(=O)CCCCCCCCCCCCCCCCC(=O)O. The Hall–Kier alpha value is -4.98. The molecule has 0 heterocycles. The summed E-state index contributed by atoms with van der Waals surface area (Å²) in [5.41, 5.74) is 0. The number of aldehydes is 1. The van der Waals surface area contributed by atoms with Crippen LogP contribution in [-0.2, 0) is 47.9 Å². The molecule has 0 spiro atoms. The molecule has 342 valence electrons. The zero-order valence-corrected chi connectivity index (χ0v) is 35.3. The van der Waals surface area contributed by atoms with Gasteiger partial charge in [-0.15, -0.1) is 0 Å². The van der Waals surface area contributed by atoms with E-state index in [0.29, 0.717) is 12.7 Å². The highest BCUT2D eigenvalue weighted by molar-refractivity contribution is 5.94. The normalized spacial score (nSPS) is 12.3. The van der Waals surface area contributed by atoms with Crippen molar-refractivity contribution in [2.75, 3.05) is 39.4 Å². The lowest BCUT2D eigenvalue weighted by molar-refractivity contribution is -0.137. The lowest BCUT2D eigenvalue weighted by Gasteiger charge is -2.18. The molecule has 60 heavy (non-hydrogen) atoms. The number of nitrogens with one attached hydrogen (secondary N) is 7. The van der Waals surface area contributed by atoms with Crippen molar-refractivity contribution in [2.45, 2.75) is 148 Å². The molecule has 0 radical (unpaired) electrons. The van der Waals surface area contributed by atoms with Gasteiger partial charge in [0.15, 0.2) is 5.78 Å². The van der Waals surface area contributed by atoms with Gasteiger partial charge in [0.1, 0.15) is 18.4 Å². The van der Waals surface area contributed by atoms with Gasteiger partial charge in [-0.1, -0.05) is 90.9 Å². The molecule has 0 aromatic heterocycles. The van der Waals surface area contributed by atoms with Crippen molar-refractivity contribution in [3.63, 3.8) is 0 Å². The van der Waals surface area contributed by atoms with E-state index >= 15 is 0 Å². The molecule has 0 aliphatic rings. The van der Waals surface area contributed by atoms with Crippen LogP contribution in [0.15, 0.2) is 0 Å². The standard InChI is InChI=1S/C40H69N7O13/c1-28(2)32(51)21-41-35(54)22-43-39(59)30(26-49)47-37(56)24-44-40(60)31(27-50)46-36(55)23-42-33(52)20-19-29(25-48)45-34(53)17-15-13-11-9-7-5-3-4-6-8-10-12-14-16-18-38(57)58/h25,28-31,49-50H,3-24,26-27H2,1-2H3,(H,41,54)(H,42,52)(H,43,59)(H,44,60)(H,45,53)(H,46,55)(H,47,56)(H,57,58)/t29-,30-,31-/m0/s1. The van der Waals surface area contributed by atoms with Gasteiger partial charge >= 0.3 is 5.97 Å². The maximum absolute atomic E-state index is 12.5. The van der Waals surface area contributed by atoms with E-state index < -0.39 is 92.4 Å². The zero-order chi connectivity index (χ0) is 45.1. The van der Waals surface area contributed by atoms with Crippen LogP contribution in [-0.4, -0.2) is 132 Å². The molecular formula is C40H69N7O13. The summed E-state index contributed by atoms with van der Waals surface area (Å²) in [6, 6.07) is -3.90. The highest BCUT2D eigenvalue weighted by Crippen LogP contribution is 2.14. The summed E-state index contributed by atoms with van der Waals surface area (Å²) in [6.07, 6.45) is 15.6. The fraction of sp³-hybridized carbons (Fsp3) is 0.750. The van der Waals surface area contributed by atoms with Gasteiger partial charge in [-0.05, 0) is 19.3 Å². The smallest absolute Gasteiger partial charge is 0.303 e. The van der Waals surface area contributed by atoms with Crippen LogP contribution >= 0.6 is 0 Å². The first-order chi connectivity index (χ1) is 28.6. The molecule has 20 heteroatoms. The number of Topliss-reactive ketones (excluding diaryl/α,β-unsaturated/α-hetero) is 1. The van der Waals surface area contributed by atoms with Crippen molar-refractivity contribution in [3.8, 4) is 0 Å². The molecule has 20 nitrogen and oxygen atoms in total. The number of ketones is 1. The zero-order valence-electron chi connectivity index (χ0n) is 35.3. The van der Waals surface area contributed by atoms with Gasteiger partial charge in [0.25, 0.3) is 0 Å². The summed E-state index contributed by atoms with van der Waals surface area (Å²) in [5, 5.41) is 43.7. The highest BCUT2D eigenvalue weighted by Gasteiger charge is 2.24. The second kappa shape index (κ2) is 34.8. The minimum absolute atomic E-state index is 0.00600. The molecule has 3 atom stereocenters. The average Bonchev–Trinajstić information content (AvgIpc) is 3.22. The summed E-state index contributed by atoms with van der Waals surface area (Å²) in [6.45, 7) is -0.467. The molecule has 10 N–H and O–H groups in total. The Kier molecular flexibility index (Phi) is 31.9. The molecule has 0 saturated carbocycles. The van der Waals surface area contributed by atoms with Crippen LogP contribution in [0.25, 0.3) is 0 Å². The summed E-state index contributed by atoms with van der Waals surface area (Å²) >= 11 is 0. The quantitative estimate of drug-likeness (QED) is 0.0277. The fourth-order valence-corrected chi connectivity index (χ4v) is 5.60. The third-order valence-corrected chi connectivity index (χ3v) is 9.30. The molecule has 7 amide bonds. The Labute approximate surface area is 352 Å². The van der Waals surface area contributed by atoms with E-state index in [-0.39, 0.29) is 49.8 Å². The van der Waals surface area contributed by atoms with Crippen LogP contribution in [0.3, 0.4) is 0 Å². The molecule has 0 aliphatic heterocycles. The molecule has 0 aromatic rings. The number of carboxylic acid groups (broad SMARTS) is 1. The molecule has 0 aromatic carbocycles. The van der Waals surface area contributed by atoms with Gasteiger partial charge in [-0.25, -0.2) is 0 Å². The first kappa shape index (κ1) is 55.0. The first-order valence-electron chi connectivity index (χ1n) is 21.0. The summed E-state index contributed by atoms with van der Waals surface area (Å²) in [5.74, 6) is -6.50. The molecule has 0 aliphatic carbocycles. The van der Waals surface area contributed by atoms with E-state index in [9.17, 15) is 58.2 Å². The van der Waals surface area contributed by atoms with Crippen molar-refractivity contribution in [1.29, 1.82) is 0 Å². The summed E-state index contributed by atoms with van der Waals surface area (Å²) in [7, 11) is 0. The minimum atomic E-state index is -1.52. The molecule has 0 fully saturated rings. The van der Waals surface area contributed by atoms with Gasteiger partial charge in [-0.3, -0.25) is 43.2 Å². The Morgan fingerprint density at radius 1 is 0.467 bits per heavy atom. The highest BCUT2D eigenvalue weighted by atomic mass is 16.4. The second-order valence-electron chi connectivity index (χ2n) is 14.9. The predicted molar refractivity (Wildman–Crippen MR) is 219 cm³/mol. The number of carboxylic acids is 1. The Balaban J connectivity index is 4.22. The first-order valence-corrected chi connectivity index (χ1v) is 21.0. The van der Waals surface area contributed by atoms with E-state index in [0.717, 1.165) is 51.4 Å². The number of rotatable bonds is 37. The third-order valence-electron chi connectivity index (χ3n) is 9.30. The maximum Gasteiger partial charge on any atom is 0.303 e. The Morgan fingerprint density at radius 3 is 1.28 bits per heavy atom. The van der Waals surface area contributed by atoms with Gasteiger partial charge in [0, 0.05) is 25.2 Å². The predicted octanol–water partition coefficient (Wildman–Crippen LogP) is -0.579. The molecular weight excluding hydrogens is 786 g/mol. The lowest BCUT2D eigenvalue weighted by Crippen LogP contribution is -2.55. The van der Waals surface area contributed by atoms with Gasteiger partial charge < -0.3 is 57.3 Å². The number of unbranched alkanes of at least 4 members (excludes halogenated alkanes) is 13. The molecule has 0 bridgehead atoms. The number of aliphatic carboxylic acids is 1. The van der Waals surface area contributed by atoms with Crippen molar-refractivity contribution >= 4 is 59.4 Å². The van der Waals surface area contributed by atoms with E-state index in [2.05, 4.69) is 37.2 Å². The van der Waals surface area contributed by atoms with E-state index in [1.165, 1.54) is 32.1 Å². The van der Waals surface area contributed by atoms with E-state index in [1.54, 1.807) is 13.8 Å². The van der Waals surface area contributed by atoms with Crippen molar-refractivity contribution in [1.82, 2.24) is 37.2 Å². The van der Waals surface area contributed by atoms with Crippen molar-refractivity contribution in [2.24, 2.45) is 5.92 Å². The van der Waals surface area contributed by atoms with Gasteiger partial charge in [-0.2, -0.15) is 0 Å².